The van der Waals surface area contributed by atoms with Crippen LogP contribution >= 0.6 is 23.2 Å². The highest BCUT2D eigenvalue weighted by Crippen LogP contribution is 2.21. The molecule has 0 atom stereocenters. The van der Waals surface area contributed by atoms with Gasteiger partial charge in [-0.2, -0.15) is 0 Å². The first-order valence-corrected chi connectivity index (χ1v) is 6.92. The van der Waals surface area contributed by atoms with E-state index in [0.29, 0.717) is 17.4 Å². The van der Waals surface area contributed by atoms with E-state index < -0.39 is 0 Å². The molecule has 0 bridgehead atoms. The van der Waals surface area contributed by atoms with Crippen molar-refractivity contribution in [1.29, 1.82) is 0 Å². The van der Waals surface area contributed by atoms with Crippen LogP contribution in [0.1, 0.15) is 21.5 Å². The Morgan fingerprint density at radius 2 is 1.90 bits per heavy atom. The molecule has 0 aromatic heterocycles. The molecule has 0 aliphatic carbocycles. The second kappa shape index (κ2) is 6.64. The zero-order chi connectivity index (χ0) is 14.5. The molecule has 0 heterocycles. The maximum Gasteiger partial charge on any atom is 0.255 e. The lowest BCUT2D eigenvalue weighted by molar-refractivity contribution is 0.0948. The Morgan fingerprint density at radius 3 is 2.60 bits per heavy atom. The number of hydrogen-bond donors (Lipinski definition) is 2. The molecule has 3 nitrogen and oxygen atoms in total. The molecule has 0 spiro atoms. The van der Waals surface area contributed by atoms with Crippen molar-refractivity contribution in [3.05, 3.63) is 64.2 Å². The first kappa shape index (κ1) is 14.7. The fourth-order valence-electron chi connectivity index (χ4n) is 1.80. The molecule has 0 fully saturated rings. The van der Waals surface area contributed by atoms with Crippen molar-refractivity contribution in [3.63, 3.8) is 0 Å². The second-order valence-corrected chi connectivity index (χ2v) is 5.00. The van der Waals surface area contributed by atoms with Gasteiger partial charge in [0, 0.05) is 17.4 Å². The molecule has 2 aromatic rings. The van der Waals surface area contributed by atoms with Crippen molar-refractivity contribution in [2.75, 3.05) is 0 Å². The summed E-state index contributed by atoms with van der Waals surface area (Å²) in [5.74, 6) is -0.0558. The first-order valence-electron chi connectivity index (χ1n) is 6.00. The third-order valence-corrected chi connectivity index (χ3v) is 3.35. The topological polar surface area (TPSA) is 49.3 Å². The van der Waals surface area contributed by atoms with Crippen LogP contribution in [0.5, 0.6) is 5.75 Å². The second-order valence-electron chi connectivity index (χ2n) is 4.30. The molecule has 2 aromatic carbocycles. The normalized spacial score (nSPS) is 10.3. The van der Waals surface area contributed by atoms with E-state index in [2.05, 4.69) is 5.32 Å². The van der Waals surface area contributed by atoms with Crippen LogP contribution in [0.25, 0.3) is 0 Å². The highest BCUT2D eigenvalue weighted by atomic mass is 35.5. The number of halogens is 2. The summed E-state index contributed by atoms with van der Waals surface area (Å²) in [7, 11) is 0. The number of phenols is 1. The van der Waals surface area contributed by atoms with Gasteiger partial charge in [-0.3, -0.25) is 4.79 Å². The van der Waals surface area contributed by atoms with E-state index in [1.54, 1.807) is 6.07 Å². The van der Waals surface area contributed by atoms with E-state index in [1.165, 1.54) is 12.1 Å². The van der Waals surface area contributed by atoms with Crippen LogP contribution in [-0.4, -0.2) is 11.0 Å². The largest absolute Gasteiger partial charge is 0.507 e. The summed E-state index contributed by atoms with van der Waals surface area (Å²) in [5.41, 5.74) is 2.14. The van der Waals surface area contributed by atoms with Gasteiger partial charge in [-0.05, 0) is 29.3 Å². The number of amides is 1. The molecule has 1 amide bonds. The number of phenolic OH excluding ortho intramolecular Hbond substituents is 1. The lowest BCUT2D eigenvalue weighted by Gasteiger charge is -2.08. The monoisotopic (exact) mass is 309 g/mol. The fraction of sp³-hybridized carbons (Fsp3) is 0.133. The van der Waals surface area contributed by atoms with Crippen molar-refractivity contribution >= 4 is 29.1 Å². The molecular weight excluding hydrogens is 297 g/mol. The third-order valence-electron chi connectivity index (χ3n) is 2.80. The smallest absolute Gasteiger partial charge is 0.255 e. The third kappa shape index (κ3) is 3.65. The molecule has 5 heteroatoms. The maximum absolute atomic E-state index is 12.0. The molecular formula is C15H13Cl2NO2. The van der Waals surface area contributed by atoms with E-state index >= 15 is 0 Å². The molecule has 2 N–H and O–H groups in total. The average molecular weight is 310 g/mol. The SMILES string of the molecule is O=C(NCc1cccc(CCl)c1)c1ccc(Cl)cc1O. The molecule has 20 heavy (non-hydrogen) atoms. The predicted octanol–water partition coefficient (Wildman–Crippen LogP) is 3.71. The van der Waals surface area contributed by atoms with E-state index in [0.717, 1.165) is 11.1 Å². The Hall–Kier alpha value is -1.71. The van der Waals surface area contributed by atoms with Crippen LogP contribution in [0.2, 0.25) is 5.02 Å². The van der Waals surface area contributed by atoms with Gasteiger partial charge in [-0.1, -0.05) is 35.9 Å². The maximum atomic E-state index is 12.0. The van der Waals surface area contributed by atoms with Crippen molar-refractivity contribution < 1.29 is 9.90 Å². The Bertz CT molecular complexity index is 629. The van der Waals surface area contributed by atoms with Crippen molar-refractivity contribution in [2.45, 2.75) is 12.4 Å². The highest BCUT2D eigenvalue weighted by Gasteiger charge is 2.11. The average Bonchev–Trinajstić information content (AvgIpc) is 2.45. The molecule has 0 aliphatic heterocycles. The van der Waals surface area contributed by atoms with Crippen LogP contribution in [-0.2, 0) is 12.4 Å². The molecule has 104 valence electrons. The lowest BCUT2D eigenvalue weighted by Crippen LogP contribution is -2.22. The van der Waals surface area contributed by atoms with E-state index in [1.807, 2.05) is 24.3 Å². The van der Waals surface area contributed by atoms with E-state index in [-0.39, 0.29) is 17.2 Å². The zero-order valence-corrected chi connectivity index (χ0v) is 12.1. The number of rotatable bonds is 4. The van der Waals surface area contributed by atoms with Crippen LogP contribution in [0, 0.1) is 0 Å². The van der Waals surface area contributed by atoms with Gasteiger partial charge in [0.1, 0.15) is 5.75 Å². The molecule has 0 saturated carbocycles. The minimum absolute atomic E-state index is 0.135. The van der Waals surface area contributed by atoms with Gasteiger partial charge in [-0.15, -0.1) is 11.6 Å². The Kier molecular flexibility index (Phi) is 4.88. The minimum atomic E-state index is -0.351. The number of alkyl halides is 1. The van der Waals surface area contributed by atoms with Crippen molar-refractivity contribution in [1.82, 2.24) is 5.32 Å². The lowest BCUT2D eigenvalue weighted by atomic mass is 10.1. The summed E-state index contributed by atoms with van der Waals surface area (Å²) >= 11 is 11.5. The standard InChI is InChI=1S/C15H13Cl2NO2/c16-8-10-2-1-3-11(6-10)9-18-15(20)13-5-4-12(17)7-14(13)19/h1-7,19H,8-9H2,(H,18,20). The Morgan fingerprint density at radius 1 is 1.15 bits per heavy atom. The summed E-state index contributed by atoms with van der Waals surface area (Å²) in [6.45, 7) is 0.367. The number of carbonyl (C=O) groups excluding carboxylic acids is 1. The van der Waals surface area contributed by atoms with E-state index in [4.69, 9.17) is 23.2 Å². The molecule has 2 rings (SSSR count). The number of benzene rings is 2. The van der Waals surface area contributed by atoms with Crippen LogP contribution < -0.4 is 5.32 Å². The van der Waals surface area contributed by atoms with Gasteiger partial charge in [0.15, 0.2) is 0 Å². The van der Waals surface area contributed by atoms with Gasteiger partial charge < -0.3 is 10.4 Å². The molecule has 0 saturated heterocycles. The summed E-state index contributed by atoms with van der Waals surface area (Å²) in [6.07, 6.45) is 0. The Labute approximate surface area is 127 Å². The van der Waals surface area contributed by atoms with Gasteiger partial charge in [0.2, 0.25) is 0 Å². The zero-order valence-electron chi connectivity index (χ0n) is 10.6. The van der Waals surface area contributed by atoms with Gasteiger partial charge in [-0.25, -0.2) is 0 Å². The summed E-state index contributed by atoms with van der Waals surface area (Å²) in [5, 5.41) is 12.8. The number of aromatic hydroxyl groups is 1. The number of nitrogens with one attached hydrogen (secondary N) is 1. The molecule has 0 radical (unpaired) electrons. The van der Waals surface area contributed by atoms with Crippen LogP contribution in [0.15, 0.2) is 42.5 Å². The Balaban J connectivity index is 2.04. The van der Waals surface area contributed by atoms with E-state index in [9.17, 15) is 9.90 Å². The van der Waals surface area contributed by atoms with Crippen molar-refractivity contribution in [2.24, 2.45) is 0 Å². The first-order chi connectivity index (χ1) is 9.60. The van der Waals surface area contributed by atoms with Crippen LogP contribution in [0.3, 0.4) is 0 Å². The quantitative estimate of drug-likeness (QED) is 0.846. The minimum Gasteiger partial charge on any atom is -0.507 e. The highest BCUT2D eigenvalue weighted by molar-refractivity contribution is 6.30. The van der Waals surface area contributed by atoms with Crippen molar-refractivity contribution in [3.8, 4) is 5.75 Å². The summed E-state index contributed by atoms with van der Waals surface area (Å²) in [4.78, 5) is 12.0. The predicted molar refractivity (Wildman–Crippen MR) is 80.3 cm³/mol. The van der Waals surface area contributed by atoms with Gasteiger partial charge in [0.25, 0.3) is 5.91 Å². The summed E-state index contributed by atoms with van der Waals surface area (Å²) in [6, 6.07) is 12.0. The number of hydrogen-bond acceptors (Lipinski definition) is 2. The van der Waals surface area contributed by atoms with Gasteiger partial charge >= 0.3 is 0 Å². The fourth-order valence-corrected chi connectivity index (χ4v) is 2.13. The van der Waals surface area contributed by atoms with Gasteiger partial charge in [0.05, 0.1) is 5.56 Å². The summed E-state index contributed by atoms with van der Waals surface area (Å²) < 4.78 is 0. The molecule has 0 unspecified atom stereocenters. The van der Waals surface area contributed by atoms with Crippen LogP contribution in [0.4, 0.5) is 0 Å². The number of carbonyl (C=O) groups is 1. The molecule has 0 aliphatic rings.